The second kappa shape index (κ2) is 6.14. The molecule has 3 nitrogen and oxygen atoms in total. The third-order valence-corrected chi connectivity index (χ3v) is 3.07. The van der Waals surface area contributed by atoms with Crippen LogP contribution >= 0.6 is 0 Å². The zero-order valence-electron chi connectivity index (χ0n) is 11.2. The molecule has 0 bridgehead atoms. The predicted molar refractivity (Wildman–Crippen MR) is 74.6 cm³/mol. The number of rotatable bonds is 5. The highest BCUT2D eigenvalue weighted by Gasteiger charge is 2.10. The van der Waals surface area contributed by atoms with Gasteiger partial charge < -0.3 is 4.74 Å². The number of benzene rings is 1. The van der Waals surface area contributed by atoms with Crippen molar-refractivity contribution in [3.63, 3.8) is 0 Å². The minimum Gasteiger partial charge on any atom is -0.497 e. The first-order valence-electron chi connectivity index (χ1n) is 6.28. The van der Waals surface area contributed by atoms with Gasteiger partial charge in [-0.1, -0.05) is 6.07 Å². The van der Waals surface area contributed by atoms with Gasteiger partial charge in [0.05, 0.1) is 7.11 Å². The molecule has 0 spiro atoms. The molecule has 1 heterocycles. The molecular formula is C16H17NO2. The number of aryl methyl sites for hydroxylation is 2. The number of ether oxygens (including phenoxy) is 1. The molecule has 2 rings (SSSR count). The van der Waals surface area contributed by atoms with Crippen LogP contribution in [-0.2, 0) is 6.42 Å². The lowest BCUT2D eigenvalue weighted by Gasteiger charge is -2.07. The van der Waals surface area contributed by atoms with E-state index in [0.717, 1.165) is 22.6 Å². The summed E-state index contributed by atoms with van der Waals surface area (Å²) in [5.74, 6) is 0.921. The van der Waals surface area contributed by atoms with E-state index < -0.39 is 0 Å². The van der Waals surface area contributed by atoms with E-state index in [1.54, 1.807) is 13.3 Å². The van der Waals surface area contributed by atoms with Crippen LogP contribution in [0.5, 0.6) is 5.75 Å². The average molecular weight is 255 g/mol. The molecule has 0 unspecified atom stereocenters. The molecule has 1 aromatic heterocycles. The summed E-state index contributed by atoms with van der Waals surface area (Å²) in [6, 6.07) is 11.3. The van der Waals surface area contributed by atoms with Crippen molar-refractivity contribution in [2.75, 3.05) is 7.11 Å². The van der Waals surface area contributed by atoms with Crippen LogP contribution in [0, 0.1) is 6.92 Å². The number of Topliss-reactive ketones (excluding diaryl/α,β-unsaturated/α-hetero) is 1. The number of methoxy groups -OCH3 is 1. The summed E-state index contributed by atoms with van der Waals surface area (Å²) >= 11 is 0. The summed E-state index contributed by atoms with van der Waals surface area (Å²) in [7, 11) is 1.62. The quantitative estimate of drug-likeness (QED) is 0.770. The lowest BCUT2D eigenvalue weighted by molar-refractivity contribution is 0.0982. The molecule has 0 amide bonds. The Bertz CT molecular complexity index is 564. The molecule has 0 aliphatic carbocycles. The summed E-state index contributed by atoms with van der Waals surface area (Å²) in [6.45, 7) is 1.93. The Morgan fingerprint density at radius 2 is 2.11 bits per heavy atom. The third kappa shape index (κ3) is 3.41. The van der Waals surface area contributed by atoms with Crippen LogP contribution in [0.3, 0.4) is 0 Å². The van der Waals surface area contributed by atoms with Crippen molar-refractivity contribution in [3.8, 4) is 5.75 Å². The lowest BCUT2D eigenvalue weighted by atomic mass is 10.0. The summed E-state index contributed by atoms with van der Waals surface area (Å²) in [6.07, 6.45) is 2.90. The van der Waals surface area contributed by atoms with Gasteiger partial charge in [0, 0.05) is 23.9 Å². The molecule has 0 saturated carbocycles. The van der Waals surface area contributed by atoms with Crippen molar-refractivity contribution in [1.29, 1.82) is 0 Å². The molecule has 0 aliphatic heterocycles. The Hall–Kier alpha value is -2.16. The smallest absolute Gasteiger partial charge is 0.163 e. The number of hydrogen-bond donors (Lipinski definition) is 0. The van der Waals surface area contributed by atoms with Gasteiger partial charge in [-0.15, -0.1) is 0 Å². The lowest BCUT2D eigenvalue weighted by Crippen LogP contribution is -2.04. The van der Waals surface area contributed by atoms with Crippen LogP contribution in [0.15, 0.2) is 42.6 Å². The average Bonchev–Trinajstić information content (AvgIpc) is 2.45. The van der Waals surface area contributed by atoms with Gasteiger partial charge in [0.15, 0.2) is 5.78 Å². The van der Waals surface area contributed by atoms with Crippen molar-refractivity contribution in [1.82, 2.24) is 4.98 Å². The number of carbonyl (C=O) groups excluding carboxylic acids is 1. The highest BCUT2D eigenvalue weighted by atomic mass is 16.5. The first-order valence-corrected chi connectivity index (χ1v) is 6.28. The van der Waals surface area contributed by atoms with Crippen LogP contribution in [0.4, 0.5) is 0 Å². The number of aromatic nitrogens is 1. The number of nitrogens with zero attached hydrogens (tertiary/aromatic N) is 1. The Labute approximate surface area is 113 Å². The Morgan fingerprint density at radius 1 is 1.26 bits per heavy atom. The molecular weight excluding hydrogens is 238 g/mol. The SMILES string of the molecule is COc1ccc(C(=O)CCc2ccccn2)c(C)c1. The number of carbonyl (C=O) groups is 1. The normalized spacial score (nSPS) is 10.2. The topological polar surface area (TPSA) is 39.2 Å². The van der Waals surface area contributed by atoms with E-state index in [9.17, 15) is 4.79 Å². The zero-order valence-corrected chi connectivity index (χ0v) is 11.2. The van der Waals surface area contributed by atoms with E-state index >= 15 is 0 Å². The first-order chi connectivity index (χ1) is 9.20. The first kappa shape index (κ1) is 13.3. The van der Waals surface area contributed by atoms with Crippen molar-refractivity contribution >= 4 is 5.78 Å². The minimum atomic E-state index is 0.144. The van der Waals surface area contributed by atoms with Gasteiger partial charge in [-0.3, -0.25) is 9.78 Å². The second-order valence-electron chi connectivity index (χ2n) is 4.43. The molecule has 19 heavy (non-hydrogen) atoms. The standard InChI is InChI=1S/C16H17NO2/c1-12-11-14(19-2)7-8-15(12)16(18)9-6-13-5-3-4-10-17-13/h3-5,7-8,10-11H,6,9H2,1-2H3. The number of hydrogen-bond acceptors (Lipinski definition) is 3. The van der Waals surface area contributed by atoms with E-state index in [1.807, 2.05) is 43.3 Å². The minimum absolute atomic E-state index is 0.144. The van der Waals surface area contributed by atoms with Crippen LogP contribution in [0.1, 0.15) is 28.0 Å². The van der Waals surface area contributed by atoms with Crippen LogP contribution < -0.4 is 4.74 Å². The molecule has 0 radical (unpaired) electrons. The van der Waals surface area contributed by atoms with E-state index in [1.165, 1.54) is 0 Å². The Morgan fingerprint density at radius 3 is 2.74 bits per heavy atom. The summed E-state index contributed by atoms with van der Waals surface area (Å²) in [4.78, 5) is 16.4. The van der Waals surface area contributed by atoms with Crippen LogP contribution in [0.25, 0.3) is 0 Å². The molecule has 98 valence electrons. The van der Waals surface area contributed by atoms with Crippen molar-refractivity contribution in [3.05, 3.63) is 59.4 Å². The monoisotopic (exact) mass is 255 g/mol. The van der Waals surface area contributed by atoms with Gasteiger partial charge in [-0.2, -0.15) is 0 Å². The predicted octanol–water partition coefficient (Wildman–Crippen LogP) is 3.21. The molecule has 0 saturated heterocycles. The summed E-state index contributed by atoms with van der Waals surface area (Å²) in [5.41, 5.74) is 2.66. The van der Waals surface area contributed by atoms with Crippen molar-refractivity contribution in [2.24, 2.45) is 0 Å². The largest absolute Gasteiger partial charge is 0.497 e. The van der Waals surface area contributed by atoms with Gasteiger partial charge in [0.25, 0.3) is 0 Å². The molecule has 2 aromatic rings. The fourth-order valence-electron chi connectivity index (χ4n) is 2.00. The molecule has 0 aliphatic rings. The highest BCUT2D eigenvalue weighted by molar-refractivity contribution is 5.97. The molecule has 1 aromatic carbocycles. The fourth-order valence-corrected chi connectivity index (χ4v) is 2.00. The summed E-state index contributed by atoms with van der Waals surface area (Å²) in [5, 5.41) is 0. The van der Waals surface area contributed by atoms with E-state index in [-0.39, 0.29) is 5.78 Å². The Kier molecular flexibility index (Phi) is 4.29. The number of ketones is 1. The van der Waals surface area contributed by atoms with Crippen LogP contribution in [-0.4, -0.2) is 17.9 Å². The van der Waals surface area contributed by atoms with Crippen molar-refractivity contribution < 1.29 is 9.53 Å². The molecule has 0 atom stereocenters. The highest BCUT2D eigenvalue weighted by Crippen LogP contribution is 2.18. The van der Waals surface area contributed by atoms with Gasteiger partial charge in [0.1, 0.15) is 5.75 Å². The zero-order chi connectivity index (χ0) is 13.7. The van der Waals surface area contributed by atoms with Crippen LogP contribution in [0.2, 0.25) is 0 Å². The molecule has 3 heteroatoms. The molecule has 0 fully saturated rings. The maximum atomic E-state index is 12.2. The van der Waals surface area contributed by atoms with Gasteiger partial charge >= 0.3 is 0 Å². The van der Waals surface area contributed by atoms with Gasteiger partial charge in [0.2, 0.25) is 0 Å². The molecule has 0 N–H and O–H groups in total. The van der Waals surface area contributed by atoms with E-state index in [0.29, 0.717) is 12.8 Å². The third-order valence-electron chi connectivity index (χ3n) is 3.07. The maximum Gasteiger partial charge on any atom is 0.163 e. The fraction of sp³-hybridized carbons (Fsp3) is 0.250. The van der Waals surface area contributed by atoms with Gasteiger partial charge in [-0.25, -0.2) is 0 Å². The Balaban J connectivity index is 2.04. The summed E-state index contributed by atoms with van der Waals surface area (Å²) < 4.78 is 5.14. The van der Waals surface area contributed by atoms with Crippen molar-refractivity contribution in [2.45, 2.75) is 19.8 Å². The second-order valence-corrected chi connectivity index (χ2v) is 4.43. The maximum absolute atomic E-state index is 12.2. The number of pyridine rings is 1. The van der Waals surface area contributed by atoms with E-state index in [2.05, 4.69) is 4.98 Å². The van der Waals surface area contributed by atoms with Gasteiger partial charge in [-0.05, 0) is 49.2 Å². The van der Waals surface area contributed by atoms with E-state index in [4.69, 9.17) is 4.74 Å².